The van der Waals surface area contributed by atoms with Crippen molar-refractivity contribution in [1.29, 1.82) is 0 Å². The molecule has 140 valence electrons. The first-order valence-corrected chi connectivity index (χ1v) is 9.52. The van der Waals surface area contributed by atoms with Crippen LogP contribution in [0.3, 0.4) is 0 Å². The number of benzene rings is 1. The Morgan fingerprint density at radius 1 is 1.11 bits per heavy atom. The molecule has 2 aromatic heterocycles. The Balaban J connectivity index is 1.54. The van der Waals surface area contributed by atoms with E-state index in [-0.39, 0.29) is 5.91 Å². The molecule has 0 atom stereocenters. The molecule has 0 bridgehead atoms. The molecule has 0 radical (unpaired) electrons. The van der Waals surface area contributed by atoms with Gasteiger partial charge in [0.1, 0.15) is 11.3 Å². The minimum absolute atomic E-state index is 0.154. The van der Waals surface area contributed by atoms with E-state index < -0.39 is 0 Å². The number of aromatic nitrogens is 3. The van der Waals surface area contributed by atoms with Crippen molar-refractivity contribution in [3.63, 3.8) is 0 Å². The third-order valence-corrected chi connectivity index (χ3v) is 5.18. The zero-order chi connectivity index (χ0) is 18.6. The molecule has 0 unspecified atom stereocenters. The number of carbonyl (C=O) groups is 1. The molecule has 0 aliphatic heterocycles. The highest BCUT2D eigenvalue weighted by Crippen LogP contribution is 2.21. The molecule has 0 fully saturated rings. The van der Waals surface area contributed by atoms with Crippen molar-refractivity contribution < 1.29 is 9.53 Å². The highest BCUT2D eigenvalue weighted by molar-refractivity contribution is 5.99. The molecule has 0 saturated heterocycles. The number of fused-ring (bicyclic) bond motifs is 3. The molecular formula is C21H24N4O2. The molecule has 4 rings (SSSR count). The highest BCUT2D eigenvalue weighted by Gasteiger charge is 2.18. The van der Waals surface area contributed by atoms with Crippen molar-refractivity contribution in [2.45, 2.75) is 45.1 Å². The molecular weight excluding hydrogens is 340 g/mol. The summed E-state index contributed by atoms with van der Waals surface area (Å²) in [6.07, 6.45) is 10.5. The highest BCUT2D eigenvalue weighted by atomic mass is 16.5. The molecule has 6 nitrogen and oxygen atoms in total. The molecule has 1 aromatic carbocycles. The third kappa shape index (κ3) is 3.65. The number of methoxy groups -OCH3 is 1. The lowest BCUT2D eigenvalue weighted by Gasteiger charge is -2.14. The minimum Gasteiger partial charge on any atom is -0.497 e. The maximum atomic E-state index is 12.7. The van der Waals surface area contributed by atoms with E-state index in [4.69, 9.17) is 4.74 Å². The van der Waals surface area contributed by atoms with Crippen LogP contribution >= 0.6 is 0 Å². The van der Waals surface area contributed by atoms with Crippen LogP contribution < -0.4 is 10.1 Å². The summed E-state index contributed by atoms with van der Waals surface area (Å²) in [5.41, 5.74) is 4.64. The average Bonchev–Trinajstić information content (AvgIpc) is 3.11. The lowest BCUT2D eigenvalue weighted by Crippen LogP contribution is -2.23. The summed E-state index contributed by atoms with van der Waals surface area (Å²) < 4.78 is 7.02. The summed E-state index contributed by atoms with van der Waals surface area (Å²) in [5.74, 6) is 0.646. The number of hydrogen-bond acceptors (Lipinski definition) is 4. The molecule has 0 saturated carbocycles. The number of ether oxygens (including phenoxy) is 1. The molecule has 6 heteroatoms. The van der Waals surface area contributed by atoms with Crippen LogP contribution in [0.1, 0.15) is 52.9 Å². The van der Waals surface area contributed by atoms with Gasteiger partial charge in [-0.1, -0.05) is 25.0 Å². The standard InChI is InChI=1S/C21H24N4O2/c1-27-17-10-8-15(9-11-17)12-23-21(26)18-14-24-25-19-7-5-3-2-4-6-16(19)13-22-20(18)25/h8-11,13-14H,2-7,12H2,1H3,(H,23,26). The fourth-order valence-corrected chi connectivity index (χ4v) is 3.63. The van der Waals surface area contributed by atoms with E-state index >= 15 is 0 Å². The predicted octanol–water partition coefficient (Wildman–Crippen LogP) is 3.33. The lowest BCUT2D eigenvalue weighted by atomic mass is 9.98. The van der Waals surface area contributed by atoms with Crippen LogP contribution in [0.15, 0.2) is 36.7 Å². The number of rotatable bonds is 4. The maximum absolute atomic E-state index is 12.7. The quantitative estimate of drug-likeness (QED) is 0.771. The molecule has 1 aliphatic rings. The monoisotopic (exact) mass is 364 g/mol. The van der Waals surface area contributed by atoms with Crippen LogP contribution in [0.25, 0.3) is 5.65 Å². The number of hydrogen-bond donors (Lipinski definition) is 1. The van der Waals surface area contributed by atoms with Crippen LogP contribution in [0.4, 0.5) is 0 Å². The van der Waals surface area contributed by atoms with E-state index in [2.05, 4.69) is 15.4 Å². The van der Waals surface area contributed by atoms with E-state index in [0.29, 0.717) is 17.8 Å². The molecule has 0 spiro atoms. The first kappa shape index (κ1) is 17.5. The zero-order valence-corrected chi connectivity index (χ0v) is 15.6. The van der Waals surface area contributed by atoms with E-state index in [1.165, 1.54) is 30.5 Å². The van der Waals surface area contributed by atoms with Gasteiger partial charge >= 0.3 is 0 Å². The van der Waals surface area contributed by atoms with Crippen LogP contribution in [-0.2, 0) is 19.4 Å². The predicted molar refractivity (Wildman–Crippen MR) is 103 cm³/mol. The second-order valence-corrected chi connectivity index (χ2v) is 6.97. The third-order valence-electron chi connectivity index (χ3n) is 5.18. The Bertz CT molecular complexity index is 947. The first-order chi connectivity index (χ1) is 13.3. The van der Waals surface area contributed by atoms with Crippen molar-refractivity contribution in [3.8, 4) is 5.75 Å². The zero-order valence-electron chi connectivity index (χ0n) is 15.6. The minimum atomic E-state index is -0.154. The summed E-state index contributed by atoms with van der Waals surface area (Å²) in [4.78, 5) is 17.2. The van der Waals surface area contributed by atoms with E-state index in [9.17, 15) is 4.79 Å². The topological polar surface area (TPSA) is 68.5 Å². The van der Waals surface area contributed by atoms with Gasteiger partial charge < -0.3 is 10.1 Å². The van der Waals surface area contributed by atoms with E-state index in [1.54, 1.807) is 13.3 Å². The number of amides is 1. The fourth-order valence-electron chi connectivity index (χ4n) is 3.63. The van der Waals surface area contributed by atoms with Gasteiger partial charge in [-0.2, -0.15) is 5.10 Å². The van der Waals surface area contributed by atoms with Gasteiger partial charge in [-0.3, -0.25) is 4.79 Å². The van der Waals surface area contributed by atoms with Crippen LogP contribution in [0.5, 0.6) is 5.75 Å². The molecule has 27 heavy (non-hydrogen) atoms. The van der Waals surface area contributed by atoms with Crippen LogP contribution in [0.2, 0.25) is 0 Å². The largest absolute Gasteiger partial charge is 0.497 e. The summed E-state index contributed by atoms with van der Waals surface area (Å²) in [6.45, 7) is 0.450. The van der Waals surface area contributed by atoms with Gasteiger partial charge in [0, 0.05) is 18.4 Å². The Labute approximate surface area is 158 Å². The van der Waals surface area contributed by atoms with Gasteiger partial charge in [-0.15, -0.1) is 0 Å². The van der Waals surface area contributed by atoms with Crippen molar-refractivity contribution in [3.05, 3.63) is 59.0 Å². The Kier molecular flexibility index (Phi) is 5.05. The molecule has 3 aromatic rings. The summed E-state index contributed by atoms with van der Waals surface area (Å²) in [7, 11) is 1.64. The van der Waals surface area contributed by atoms with Gasteiger partial charge in [0.05, 0.1) is 13.3 Å². The van der Waals surface area contributed by atoms with Crippen molar-refractivity contribution >= 4 is 11.6 Å². The van der Waals surface area contributed by atoms with Crippen molar-refractivity contribution in [2.75, 3.05) is 7.11 Å². The molecule has 1 N–H and O–H groups in total. The van der Waals surface area contributed by atoms with E-state index in [0.717, 1.165) is 30.6 Å². The number of nitrogens with zero attached hydrogens (tertiary/aromatic N) is 3. The Hall–Kier alpha value is -2.89. The lowest BCUT2D eigenvalue weighted by molar-refractivity contribution is 0.0952. The fraction of sp³-hybridized carbons (Fsp3) is 0.381. The second-order valence-electron chi connectivity index (χ2n) is 6.97. The van der Waals surface area contributed by atoms with Gasteiger partial charge in [-0.25, -0.2) is 9.50 Å². The van der Waals surface area contributed by atoms with Gasteiger partial charge in [0.25, 0.3) is 5.91 Å². The number of nitrogens with one attached hydrogen (secondary N) is 1. The molecule has 1 aliphatic carbocycles. The summed E-state index contributed by atoms with van der Waals surface area (Å²) in [5, 5.41) is 7.44. The first-order valence-electron chi connectivity index (χ1n) is 9.52. The number of carbonyl (C=O) groups excluding carboxylic acids is 1. The van der Waals surface area contributed by atoms with Crippen LogP contribution in [-0.4, -0.2) is 27.6 Å². The average molecular weight is 364 g/mol. The van der Waals surface area contributed by atoms with E-state index in [1.807, 2.05) is 35.0 Å². The summed E-state index contributed by atoms with van der Waals surface area (Å²) in [6, 6.07) is 7.65. The normalized spacial score (nSPS) is 14.3. The SMILES string of the molecule is COc1ccc(CNC(=O)c2cnn3c4c(cnc23)CCCCCC4)cc1. The maximum Gasteiger partial charge on any atom is 0.257 e. The summed E-state index contributed by atoms with van der Waals surface area (Å²) >= 11 is 0. The smallest absolute Gasteiger partial charge is 0.257 e. The molecule has 1 amide bonds. The Morgan fingerprint density at radius 3 is 2.67 bits per heavy atom. The second kappa shape index (κ2) is 7.78. The van der Waals surface area contributed by atoms with Gasteiger partial charge in [-0.05, 0) is 48.9 Å². The van der Waals surface area contributed by atoms with Crippen molar-refractivity contribution in [1.82, 2.24) is 19.9 Å². The molecule has 2 heterocycles. The Morgan fingerprint density at radius 2 is 1.89 bits per heavy atom. The van der Waals surface area contributed by atoms with Crippen LogP contribution in [0, 0.1) is 0 Å². The number of aryl methyl sites for hydroxylation is 2. The van der Waals surface area contributed by atoms with Gasteiger partial charge in [0.2, 0.25) is 0 Å². The van der Waals surface area contributed by atoms with Crippen molar-refractivity contribution in [2.24, 2.45) is 0 Å². The van der Waals surface area contributed by atoms with Gasteiger partial charge in [0.15, 0.2) is 5.65 Å².